The van der Waals surface area contributed by atoms with Gasteiger partial charge in [-0.15, -0.1) is 0 Å². The lowest BCUT2D eigenvalue weighted by Gasteiger charge is -2.17. The van der Waals surface area contributed by atoms with E-state index in [1.165, 1.54) is 10.4 Å². The molecule has 1 N–H and O–H groups in total. The standard InChI is InChI=1S/C14H19ClFNO3S/c1-2-3-10-4-5-17(8-10)21(19,20)12-6-11(9-18)14(15)13(16)7-12/h6-7,10,18H,2-5,8-9H2,1H3. The van der Waals surface area contributed by atoms with Crippen molar-refractivity contribution in [2.75, 3.05) is 13.1 Å². The Morgan fingerprint density at radius 2 is 2.19 bits per heavy atom. The van der Waals surface area contributed by atoms with E-state index >= 15 is 0 Å². The zero-order valence-electron chi connectivity index (χ0n) is 11.8. The van der Waals surface area contributed by atoms with Crippen LogP contribution in [-0.2, 0) is 16.6 Å². The molecule has 1 atom stereocenters. The summed E-state index contributed by atoms with van der Waals surface area (Å²) in [6, 6.07) is 2.16. The number of hydrogen-bond donors (Lipinski definition) is 1. The van der Waals surface area contributed by atoms with Gasteiger partial charge in [0.1, 0.15) is 5.82 Å². The smallest absolute Gasteiger partial charge is 0.243 e. The van der Waals surface area contributed by atoms with Crippen LogP contribution in [0.25, 0.3) is 0 Å². The summed E-state index contributed by atoms with van der Waals surface area (Å²) in [5, 5.41) is 8.92. The molecule has 1 heterocycles. The molecule has 0 saturated carbocycles. The van der Waals surface area contributed by atoms with Crippen molar-refractivity contribution in [3.05, 3.63) is 28.5 Å². The Hall–Kier alpha value is -0.690. The molecule has 7 heteroatoms. The molecule has 0 aliphatic carbocycles. The summed E-state index contributed by atoms with van der Waals surface area (Å²) < 4.78 is 40.2. The summed E-state index contributed by atoms with van der Waals surface area (Å²) in [5.41, 5.74) is 0.0829. The number of aliphatic hydroxyl groups is 1. The van der Waals surface area contributed by atoms with Gasteiger partial charge in [-0.1, -0.05) is 24.9 Å². The molecule has 0 radical (unpaired) electrons. The number of halogens is 2. The number of nitrogens with zero attached hydrogens (tertiary/aromatic N) is 1. The fourth-order valence-corrected chi connectivity index (χ4v) is 4.45. The molecular formula is C14H19ClFNO3S. The Morgan fingerprint density at radius 1 is 1.48 bits per heavy atom. The van der Waals surface area contributed by atoms with Crippen LogP contribution in [0.15, 0.2) is 17.0 Å². The number of aliphatic hydroxyl groups excluding tert-OH is 1. The van der Waals surface area contributed by atoms with Gasteiger partial charge in [0.2, 0.25) is 10.0 Å². The van der Waals surface area contributed by atoms with Crippen molar-refractivity contribution in [3.8, 4) is 0 Å². The molecule has 0 spiro atoms. The van der Waals surface area contributed by atoms with Crippen molar-refractivity contribution in [2.45, 2.75) is 37.7 Å². The van der Waals surface area contributed by atoms with Gasteiger partial charge in [-0.3, -0.25) is 0 Å². The Kier molecular flexibility index (Phi) is 5.24. The summed E-state index contributed by atoms with van der Waals surface area (Å²) in [4.78, 5) is -0.148. The Bertz CT molecular complexity index is 621. The summed E-state index contributed by atoms with van der Waals surface area (Å²) in [6.07, 6.45) is 2.83. The Labute approximate surface area is 129 Å². The molecule has 0 bridgehead atoms. The molecule has 1 aliphatic rings. The van der Waals surface area contributed by atoms with E-state index in [0.717, 1.165) is 25.3 Å². The molecule has 118 valence electrons. The van der Waals surface area contributed by atoms with Crippen LogP contribution < -0.4 is 0 Å². The normalized spacial score (nSPS) is 20.1. The first-order valence-electron chi connectivity index (χ1n) is 6.99. The van der Waals surface area contributed by atoms with Gasteiger partial charge in [0.25, 0.3) is 0 Å². The van der Waals surface area contributed by atoms with Crippen LogP contribution in [0.4, 0.5) is 4.39 Å². The van der Waals surface area contributed by atoms with E-state index in [0.29, 0.717) is 19.0 Å². The molecule has 1 saturated heterocycles. The van der Waals surface area contributed by atoms with Gasteiger partial charge in [0.15, 0.2) is 0 Å². The maximum absolute atomic E-state index is 13.7. The third-order valence-corrected chi connectivity index (χ3v) is 6.10. The zero-order chi connectivity index (χ0) is 15.6. The molecule has 0 amide bonds. The quantitative estimate of drug-likeness (QED) is 0.900. The highest BCUT2D eigenvalue weighted by molar-refractivity contribution is 7.89. The van der Waals surface area contributed by atoms with Crippen molar-refractivity contribution < 1.29 is 17.9 Å². The summed E-state index contributed by atoms with van der Waals surface area (Å²) in [5.74, 6) is -0.467. The lowest BCUT2D eigenvalue weighted by atomic mass is 10.0. The highest BCUT2D eigenvalue weighted by atomic mass is 35.5. The average molecular weight is 336 g/mol. The lowest BCUT2D eigenvalue weighted by Crippen LogP contribution is -2.29. The molecule has 4 nitrogen and oxygen atoms in total. The van der Waals surface area contributed by atoms with Crippen LogP contribution >= 0.6 is 11.6 Å². The highest BCUT2D eigenvalue weighted by Crippen LogP contribution is 2.30. The minimum Gasteiger partial charge on any atom is -0.392 e. The van der Waals surface area contributed by atoms with Crippen molar-refractivity contribution in [3.63, 3.8) is 0 Å². The first-order valence-corrected chi connectivity index (χ1v) is 8.80. The molecule has 2 rings (SSSR count). The molecule has 1 fully saturated rings. The predicted molar refractivity (Wildman–Crippen MR) is 79.1 cm³/mol. The Balaban J connectivity index is 2.30. The number of sulfonamides is 1. The molecule has 1 aliphatic heterocycles. The predicted octanol–water partition coefficient (Wildman–Crippen LogP) is 2.78. The molecule has 1 aromatic rings. The van der Waals surface area contributed by atoms with E-state index in [1.807, 2.05) is 0 Å². The summed E-state index contributed by atoms with van der Waals surface area (Å²) >= 11 is 5.70. The van der Waals surface area contributed by atoms with Crippen LogP contribution in [0.3, 0.4) is 0 Å². The van der Waals surface area contributed by atoms with E-state index in [1.54, 1.807) is 0 Å². The molecule has 0 aromatic heterocycles. The van der Waals surface area contributed by atoms with Crippen LogP contribution in [0.1, 0.15) is 31.7 Å². The van der Waals surface area contributed by atoms with E-state index in [-0.39, 0.29) is 15.5 Å². The second-order valence-corrected chi connectivity index (χ2v) is 7.66. The first-order chi connectivity index (χ1) is 9.90. The first kappa shape index (κ1) is 16.7. The van der Waals surface area contributed by atoms with Crippen molar-refractivity contribution in [2.24, 2.45) is 5.92 Å². The van der Waals surface area contributed by atoms with Crippen molar-refractivity contribution >= 4 is 21.6 Å². The van der Waals surface area contributed by atoms with E-state index in [2.05, 4.69) is 6.92 Å². The second kappa shape index (κ2) is 6.60. The summed E-state index contributed by atoms with van der Waals surface area (Å²) in [7, 11) is -3.74. The average Bonchev–Trinajstić information content (AvgIpc) is 2.91. The molecular weight excluding hydrogens is 317 g/mol. The topological polar surface area (TPSA) is 57.6 Å². The largest absolute Gasteiger partial charge is 0.392 e. The molecule has 21 heavy (non-hydrogen) atoms. The van der Waals surface area contributed by atoms with E-state index in [9.17, 15) is 12.8 Å². The third kappa shape index (κ3) is 3.39. The van der Waals surface area contributed by atoms with Gasteiger partial charge < -0.3 is 5.11 Å². The number of rotatable bonds is 5. The lowest BCUT2D eigenvalue weighted by molar-refractivity contribution is 0.281. The molecule has 1 aromatic carbocycles. The van der Waals surface area contributed by atoms with E-state index < -0.39 is 22.4 Å². The summed E-state index contributed by atoms with van der Waals surface area (Å²) in [6.45, 7) is 2.48. The van der Waals surface area contributed by atoms with Crippen LogP contribution in [-0.4, -0.2) is 30.9 Å². The van der Waals surface area contributed by atoms with Crippen LogP contribution in [0, 0.1) is 11.7 Å². The number of benzene rings is 1. The van der Waals surface area contributed by atoms with Gasteiger partial charge in [0, 0.05) is 18.7 Å². The van der Waals surface area contributed by atoms with Crippen LogP contribution in [0.5, 0.6) is 0 Å². The van der Waals surface area contributed by atoms with Gasteiger partial charge in [0.05, 0.1) is 16.5 Å². The maximum Gasteiger partial charge on any atom is 0.243 e. The van der Waals surface area contributed by atoms with Gasteiger partial charge in [-0.05, 0) is 30.9 Å². The van der Waals surface area contributed by atoms with Gasteiger partial charge >= 0.3 is 0 Å². The van der Waals surface area contributed by atoms with Crippen molar-refractivity contribution in [1.29, 1.82) is 0 Å². The minimum absolute atomic E-state index is 0.0829. The van der Waals surface area contributed by atoms with Crippen molar-refractivity contribution in [1.82, 2.24) is 4.31 Å². The highest BCUT2D eigenvalue weighted by Gasteiger charge is 2.32. The van der Waals surface area contributed by atoms with Crippen LogP contribution in [0.2, 0.25) is 5.02 Å². The van der Waals surface area contributed by atoms with Gasteiger partial charge in [-0.2, -0.15) is 4.31 Å². The van der Waals surface area contributed by atoms with E-state index in [4.69, 9.17) is 16.7 Å². The van der Waals surface area contributed by atoms with Gasteiger partial charge in [-0.25, -0.2) is 12.8 Å². The fourth-order valence-electron chi connectivity index (χ4n) is 2.69. The third-order valence-electron chi connectivity index (χ3n) is 3.83. The Morgan fingerprint density at radius 3 is 2.81 bits per heavy atom. The zero-order valence-corrected chi connectivity index (χ0v) is 13.4. The minimum atomic E-state index is -3.74. The SMILES string of the molecule is CCCC1CCN(S(=O)(=O)c2cc(F)c(Cl)c(CO)c2)C1. The molecule has 1 unspecified atom stereocenters. The number of hydrogen-bond acceptors (Lipinski definition) is 3. The fraction of sp³-hybridized carbons (Fsp3) is 0.571. The maximum atomic E-state index is 13.7. The monoisotopic (exact) mass is 335 g/mol. The second-order valence-electron chi connectivity index (χ2n) is 5.34.